The molecule has 1 aromatic heterocycles. The van der Waals surface area contributed by atoms with E-state index in [-0.39, 0.29) is 18.5 Å². The van der Waals surface area contributed by atoms with Crippen LogP contribution >= 0.6 is 0 Å². The van der Waals surface area contributed by atoms with Crippen molar-refractivity contribution in [3.63, 3.8) is 0 Å². The summed E-state index contributed by atoms with van der Waals surface area (Å²) in [4.78, 5) is 18.7. The maximum absolute atomic E-state index is 12.9. The van der Waals surface area contributed by atoms with Crippen LogP contribution in [0, 0.1) is 5.82 Å². The third-order valence-corrected chi connectivity index (χ3v) is 4.75. The van der Waals surface area contributed by atoms with Gasteiger partial charge in [-0.15, -0.1) is 0 Å². The highest BCUT2D eigenvalue weighted by Crippen LogP contribution is 2.25. The van der Waals surface area contributed by atoms with Gasteiger partial charge in [0.05, 0.1) is 0 Å². The van der Waals surface area contributed by atoms with Gasteiger partial charge in [-0.2, -0.15) is 0 Å². The normalized spacial score (nSPS) is 16.8. The van der Waals surface area contributed by atoms with E-state index < -0.39 is 0 Å². The van der Waals surface area contributed by atoms with Crippen LogP contribution in [0.5, 0.6) is 0 Å². The van der Waals surface area contributed by atoms with Gasteiger partial charge in [0.1, 0.15) is 11.6 Å². The molecule has 0 spiro atoms. The molecule has 1 aliphatic rings. The first-order valence-corrected chi connectivity index (χ1v) is 9.28. The van der Waals surface area contributed by atoms with Crippen molar-refractivity contribution in [3.05, 3.63) is 54.0 Å². The predicted molar refractivity (Wildman–Crippen MR) is 103 cm³/mol. The highest BCUT2D eigenvalue weighted by Gasteiger charge is 2.22. The molecule has 1 atom stereocenters. The SMILES string of the molecule is O=C(NCc1ccc(N2CCCCC2CCO)nc1)Nc1ccc(F)cc1. The number of aliphatic hydroxyl groups is 1. The Balaban J connectivity index is 1.52. The molecule has 0 radical (unpaired) electrons. The van der Waals surface area contributed by atoms with Gasteiger partial charge in [0.15, 0.2) is 0 Å². The van der Waals surface area contributed by atoms with Crippen molar-refractivity contribution >= 4 is 17.5 Å². The van der Waals surface area contributed by atoms with Crippen molar-refractivity contribution in [1.29, 1.82) is 0 Å². The van der Waals surface area contributed by atoms with Crippen molar-refractivity contribution in [1.82, 2.24) is 10.3 Å². The van der Waals surface area contributed by atoms with Gasteiger partial charge in [0, 0.05) is 37.6 Å². The molecule has 0 aliphatic carbocycles. The summed E-state index contributed by atoms with van der Waals surface area (Å²) in [5, 5.41) is 14.7. The molecule has 7 heteroatoms. The Labute approximate surface area is 158 Å². The Kier molecular flexibility index (Phi) is 6.59. The largest absolute Gasteiger partial charge is 0.396 e. The van der Waals surface area contributed by atoms with Crippen LogP contribution in [0.3, 0.4) is 0 Å². The van der Waals surface area contributed by atoms with Gasteiger partial charge in [-0.05, 0) is 61.6 Å². The van der Waals surface area contributed by atoms with E-state index >= 15 is 0 Å². The van der Waals surface area contributed by atoms with Crippen molar-refractivity contribution in [2.24, 2.45) is 0 Å². The molecular formula is C20H25FN4O2. The molecule has 2 aromatic rings. The molecule has 0 bridgehead atoms. The molecule has 1 aliphatic heterocycles. The summed E-state index contributed by atoms with van der Waals surface area (Å²) in [5.74, 6) is 0.565. The lowest BCUT2D eigenvalue weighted by Gasteiger charge is -2.36. The van der Waals surface area contributed by atoms with Gasteiger partial charge >= 0.3 is 6.03 Å². The number of hydrogen-bond donors (Lipinski definition) is 3. The lowest BCUT2D eigenvalue weighted by Crippen LogP contribution is -2.40. The van der Waals surface area contributed by atoms with E-state index in [4.69, 9.17) is 0 Å². The van der Waals surface area contributed by atoms with Gasteiger partial charge in [-0.25, -0.2) is 14.2 Å². The number of aliphatic hydroxyl groups excluding tert-OH is 1. The minimum absolute atomic E-state index is 0.187. The van der Waals surface area contributed by atoms with Gasteiger partial charge < -0.3 is 20.6 Å². The fourth-order valence-electron chi connectivity index (χ4n) is 3.33. The van der Waals surface area contributed by atoms with Gasteiger partial charge in [0.25, 0.3) is 0 Å². The minimum atomic E-state index is -0.357. The number of nitrogens with one attached hydrogen (secondary N) is 2. The quantitative estimate of drug-likeness (QED) is 0.727. The molecule has 1 unspecified atom stereocenters. The van der Waals surface area contributed by atoms with Crippen LogP contribution in [-0.2, 0) is 6.54 Å². The van der Waals surface area contributed by atoms with E-state index in [1.54, 1.807) is 6.20 Å². The minimum Gasteiger partial charge on any atom is -0.396 e. The highest BCUT2D eigenvalue weighted by molar-refractivity contribution is 5.89. The van der Waals surface area contributed by atoms with Crippen LogP contribution in [0.15, 0.2) is 42.6 Å². The summed E-state index contributed by atoms with van der Waals surface area (Å²) in [6.07, 6.45) is 5.92. The van der Waals surface area contributed by atoms with Crippen LogP contribution < -0.4 is 15.5 Å². The number of urea groups is 1. The van der Waals surface area contributed by atoms with Crippen LogP contribution in [0.25, 0.3) is 0 Å². The van der Waals surface area contributed by atoms with E-state index in [1.807, 2.05) is 12.1 Å². The number of piperidine rings is 1. The van der Waals surface area contributed by atoms with Crippen molar-refractivity contribution in [2.75, 3.05) is 23.4 Å². The molecule has 27 heavy (non-hydrogen) atoms. The molecule has 6 nitrogen and oxygen atoms in total. The Bertz CT molecular complexity index is 735. The Morgan fingerprint density at radius 3 is 2.74 bits per heavy atom. The number of anilines is 2. The topological polar surface area (TPSA) is 77.5 Å². The Morgan fingerprint density at radius 2 is 2.04 bits per heavy atom. The van der Waals surface area contributed by atoms with Crippen LogP contribution in [0.1, 0.15) is 31.2 Å². The number of rotatable bonds is 6. The van der Waals surface area contributed by atoms with Crippen LogP contribution in [0.4, 0.5) is 20.7 Å². The molecule has 2 heterocycles. The van der Waals surface area contributed by atoms with Crippen LogP contribution in [-0.4, -0.2) is 35.3 Å². The first kappa shape index (κ1) is 19.1. The van der Waals surface area contributed by atoms with Crippen LogP contribution in [0.2, 0.25) is 0 Å². The monoisotopic (exact) mass is 372 g/mol. The van der Waals surface area contributed by atoms with Crippen molar-refractivity contribution in [3.8, 4) is 0 Å². The van der Waals surface area contributed by atoms with Crippen molar-refractivity contribution in [2.45, 2.75) is 38.3 Å². The number of carbonyl (C=O) groups is 1. The molecule has 144 valence electrons. The summed E-state index contributed by atoms with van der Waals surface area (Å²) in [6.45, 7) is 1.49. The summed E-state index contributed by atoms with van der Waals surface area (Å²) in [7, 11) is 0. The molecule has 1 aromatic carbocycles. The maximum Gasteiger partial charge on any atom is 0.319 e. The predicted octanol–water partition coefficient (Wildman–Crippen LogP) is 3.28. The van der Waals surface area contributed by atoms with Crippen molar-refractivity contribution < 1.29 is 14.3 Å². The lowest BCUT2D eigenvalue weighted by atomic mass is 9.99. The Hall–Kier alpha value is -2.67. The number of pyridine rings is 1. The number of hydrogen-bond acceptors (Lipinski definition) is 4. The van der Waals surface area contributed by atoms with E-state index in [9.17, 15) is 14.3 Å². The standard InChI is InChI=1S/C20H25FN4O2/c21-16-5-7-17(8-6-16)24-20(27)23-14-15-4-9-19(22-13-15)25-11-2-1-3-18(25)10-12-26/h4-9,13,18,26H,1-3,10-12,14H2,(H2,23,24,27). The lowest BCUT2D eigenvalue weighted by molar-refractivity contribution is 0.251. The zero-order chi connectivity index (χ0) is 19.1. The Morgan fingerprint density at radius 1 is 1.22 bits per heavy atom. The number of benzene rings is 1. The summed E-state index contributed by atoms with van der Waals surface area (Å²) >= 11 is 0. The fourth-order valence-corrected chi connectivity index (χ4v) is 3.33. The fraction of sp³-hybridized carbons (Fsp3) is 0.400. The second-order valence-electron chi connectivity index (χ2n) is 6.69. The molecule has 1 saturated heterocycles. The van der Waals surface area contributed by atoms with Gasteiger partial charge in [-0.3, -0.25) is 0 Å². The van der Waals surface area contributed by atoms with E-state index in [2.05, 4.69) is 20.5 Å². The van der Waals surface area contributed by atoms with E-state index in [0.29, 0.717) is 18.3 Å². The second kappa shape index (κ2) is 9.32. The van der Waals surface area contributed by atoms with Gasteiger partial charge in [-0.1, -0.05) is 6.07 Å². The van der Waals surface area contributed by atoms with E-state index in [0.717, 1.165) is 37.2 Å². The molecule has 3 N–H and O–H groups in total. The first-order chi connectivity index (χ1) is 13.2. The summed E-state index contributed by atoms with van der Waals surface area (Å²) in [6, 6.07) is 9.49. The number of halogens is 1. The molecule has 1 fully saturated rings. The average molecular weight is 372 g/mol. The zero-order valence-electron chi connectivity index (χ0n) is 15.2. The summed E-state index contributed by atoms with van der Waals surface area (Å²) in [5.41, 5.74) is 1.42. The number of carbonyl (C=O) groups excluding carboxylic acids is 1. The summed E-state index contributed by atoms with van der Waals surface area (Å²) < 4.78 is 12.9. The maximum atomic E-state index is 12.9. The number of amides is 2. The molecule has 3 rings (SSSR count). The molecular weight excluding hydrogens is 347 g/mol. The van der Waals surface area contributed by atoms with E-state index in [1.165, 1.54) is 30.7 Å². The van der Waals surface area contributed by atoms with Gasteiger partial charge in [0.2, 0.25) is 0 Å². The third-order valence-electron chi connectivity index (χ3n) is 4.75. The second-order valence-corrected chi connectivity index (χ2v) is 6.69. The molecule has 2 amide bonds. The number of aromatic nitrogens is 1. The number of nitrogens with zero attached hydrogens (tertiary/aromatic N) is 2. The zero-order valence-corrected chi connectivity index (χ0v) is 15.2. The third kappa shape index (κ3) is 5.40. The molecule has 0 saturated carbocycles. The average Bonchev–Trinajstić information content (AvgIpc) is 2.69. The smallest absolute Gasteiger partial charge is 0.319 e. The highest BCUT2D eigenvalue weighted by atomic mass is 19.1. The first-order valence-electron chi connectivity index (χ1n) is 9.28.